The van der Waals surface area contributed by atoms with E-state index in [9.17, 15) is 13.2 Å². The molecule has 0 saturated carbocycles. The molecule has 8 heteroatoms. The Morgan fingerprint density at radius 3 is 2.52 bits per heavy atom. The van der Waals surface area contributed by atoms with Gasteiger partial charge in [0, 0.05) is 5.69 Å². The standard InChI is InChI=1S/C13H14N4O3S/c1-8-2-4-10(6-12(8)21(15,19)20)17-13(18)11-5-3-9(14)7-16-11/h2-7H,14H2,1H3,(H,17,18)(H2,15,19,20). The maximum Gasteiger partial charge on any atom is 0.274 e. The molecule has 0 saturated heterocycles. The topological polar surface area (TPSA) is 128 Å². The molecule has 1 heterocycles. The molecule has 0 spiro atoms. The van der Waals surface area contributed by atoms with Gasteiger partial charge in [-0.25, -0.2) is 18.5 Å². The molecular weight excluding hydrogens is 292 g/mol. The number of primary sulfonamides is 1. The Morgan fingerprint density at radius 1 is 1.24 bits per heavy atom. The van der Waals surface area contributed by atoms with Crippen LogP contribution in [0.4, 0.5) is 11.4 Å². The van der Waals surface area contributed by atoms with E-state index in [1.807, 2.05) is 0 Å². The van der Waals surface area contributed by atoms with Crippen molar-refractivity contribution in [1.82, 2.24) is 4.98 Å². The van der Waals surface area contributed by atoms with Crippen molar-refractivity contribution in [2.24, 2.45) is 5.14 Å². The first-order valence-corrected chi connectivity index (χ1v) is 7.48. The van der Waals surface area contributed by atoms with Crippen molar-refractivity contribution in [3.8, 4) is 0 Å². The van der Waals surface area contributed by atoms with Crippen LogP contribution in [-0.2, 0) is 10.0 Å². The van der Waals surface area contributed by atoms with Gasteiger partial charge in [-0.1, -0.05) is 6.07 Å². The average molecular weight is 306 g/mol. The predicted molar refractivity (Wildman–Crippen MR) is 79.2 cm³/mol. The van der Waals surface area contributed by atoms with Gasteiger partial charge in [0.05, 0.1) is 16.8 Å². The summed E-state index contributed by atoms with van der Waals surface area (Å²) in [6, 6.07) is 7.47. The summed E-state index contributed by atoms with van der Waals surface area (Å²) in [5, 5.41) is 7.67. The third kappa shape index (κ3) is 3.56. The minimum absolute atomic E-state index is 0.0365. The molecule has 2 aromatic rings. The highest BCUT2D eigenvalue weighted by Gasteiger charge is 2.14. The third-order valence-electron chi connectivity index (χ3n) is 2.77. The Labute approximate surface area is 122 Å². The average Bonchev–Trinajstić information content (AvgIpc) is 2.40. The summed E-state index contributed by atoms with van der Waals surface area (Å²) in [6.07, 6.45) is 1.36. The number of hydrogen-bond acceptors (Lipinski definition) is 5. The van der Waals surface area contributed by atoms with E-state index in [1.165, 1.54) is 18.3 Å². The minimum Gasteiger partial charge on any atom is -0.397 e. The maximum atomic E-state index is 12.0. The SMILES string of the molecule is Cc1ccc(NC(=O)c2ccc(N)cn2)cc1S(N)(=O)=O. The molecule has 0 atom stereocenters. The summed E-state index contributed by atoms with van der Waals surface area (Å²) < 4.78 is 22.9. The molecule has 0 aliphatic carbocycles. The second-order valence-corrected chi connectivity index (χ2v) is 5.99. The molecule has 0 aliphatic rings. The maximum absolute atomic E-state index is 12.0. The molecule has 0 aliphatic heterocycles. The van der Waals surface area contributed by atoms with Crippen LogP contribution in [-0.4, -0.2) is 19.3 Å². The van der Waals surface area contributed by atoms with Crippen LogP contribution in [0.5, 0.6) is 0 Å². The van der Waals surface area contributed by atoms with Crippen LogP contribution in [0.2, 0.25) is 0 Å². The second kappa shape index (κ2) is 5.51. The number of anilines is 2. The van der Waals surface area contributed by atoms with Crippen LogP contribution in [0.3, 0.4) is 0 Å². The number of nitrogens with zero attached hydrogens (tertiary/aromatic N) is 1. The number of nitrogen functional groups attached to an aromatic ring is 1. The van der Waals surface area contributed by atoms with E-state index in [-0.39, 0.29) is 10.6 Å². The van der Waals surface area contributed by atoms with Gasteiger partial charge < -0.3 is 11.1 Å². The zero-order valence-electron chi connectivity index (χ0n) is 11.2. The summed E-state index contributed by atoms with van der Waals surface area (Å²) in [4.78, 5) is 15.8. The predicted octanol–water partition coefficient (Wildman–Crippen LogP) is 0.872. The van der Waals surface area contributed by atoms with Gasteiger partial charge in [-0.05, 0) is 36.8 Å². The zero-order valence-corrected chi connectivity index (χ0v) is 12.0. The largest absolute Gasteiger partial charge is 0.397 e. The number of hydrogen-bond donors (Lipinski definition) is 3. The number of sulfonamides is 1. The fourth-order valence-corrected chi connectivity index (χ4v) is 2.53. The molecule has 1 amide bonds. The summed E-state index contributed by atoms with van der Waals surface area (Å²) >= 11 is 0. The quantitative estimate of drug-likeness (QED) is 0.775. The van der Waals surface area contributed by atoms with E-state index in [2.05, 4.69) is 10.3 Å². The molecule has 110 valence electrons. The van der Waals surface area contributed by atoms with Crippen LogP contribution in [0, 0.1) is 6.92 Å². The molecular formula is C13H14N4O3S. The third-order valence-corrected chi connectivity index (χ3v) is 3.82. The highest BCUT2D eigenvalue weighted by Crippen LogP contribution is 2.19. The number of carbonyl (C=O) groups is 1. The fourth-order valence-electron chi connectivity index (χ4n) is 1.72. The van der Waals surface area contributed by atoms with Gasteiger partial charge >= 0.3 is 0 Å². The number of carbonyl (C=O) groups excluding carboxylic acids is 1. The first-order chi connectivity index (χ1) is 9.77. The number of aromatic nitrogens is 1. The van der Waals surface area contributed by atoms with Crippen LogP contribution in [0.1, 0.15) is 16.1 Å². The summed E-state index contributed by atoms with van der Waals surface area (Å²) in [6.45, 7) is 1.62. The highest BCUT2D eigenvalue weighted by molar-refractivity contribution is 7.89. The monoisotopic (exact) mass is 306 g/mol. The van der Waals surface area contributed by atoms with Crippen molar-refractivity contribution in [3.63, 3.8) is 0 Å². The lowest BCUT2D eigenvalue weighted by molar-refractivity contribution is 0.102. The van der Waals surface area contributed by atoms with Gasteiger partial charge in [-0.2, -0.15) is 0 Å². The van der Waals surface area contributed by atoms with Crippen molar-refractivity contribution in [2.75, 3.05) is 11.1 Å². The molecule has 1 aromatic heterocycles. The molecule has 0 radical (unpaired) electrons. The number of nitrogens with two attached hydrogens (primary N) is 2. The zero-order chi connectivity index (χ0) is 15.6. The normalized spacial score (nSPS) is 11.1. The van der Waals surface area contributed by atoms with Crippen LogP contribution in [0.15, 0.2) is 41.4 Å². The van der Waals surface area contributed by atoms with Crippen LogP contribution < -0.4 is 16.2 Å². The van der Waals surface area contributed by atoms with E-state index in [1.54, 1.807) is 25.1 Å². The molecule has 0 fully saturated rings. The van der Waals surface area contributed by atoms with Gasteiger partial charge in [0.15, 0.2) is 0 Å². The smallest absolute Gasteiger partial charge is 0.274 e. The first kappa shape index (κ1) is 14.9. The Bertz CT molecular complexity index is 786. The first-order valence-electron chi connectivity index (χ1n) is 5.94. The highest BCUT2D eigenvalue weighted by atomic mass is 32.2. The summed E-state index contributed by atoms with van der Waals surface area (Å²) in [7, 11) is -3.85. The number of rotatable bonds is 3. The van der Waals surface area contributed by atoms with Gasteiger partial charge in [0.25, 0.3) is 5.91 Å². The van der Waals surface area contributed by atoms with E-state index in [0.29, 0.717) is 16.9 Å². The Morgan fingerprint density at radius 2 is 1.95 bits per heavy atom. The number of aryl methyl sites for hydroxylation is 1. The number of benzene rings is 1. The van der Waals surface area contributed by atoms with Crippen molar-refractivity contribution in [1.29, 1.82) is 0 Å². The fraction of sp³-hybridized carbons (Fsp3) is 0.0769. The molecule has 1 aromatic carbocycles. The van der Waals surface area contributed by atoms with Crippen LogP contribution in [0.25, 0.3) is 0 Å². The van der Waals surface area contributed by atoms with Crippen molar-refractivity contribution in [3.05, 3.63) is 47.8 Å². The Hall–Kier alpha value is -2.45. The second-order valence-electron chi connectivity index (χ2n) is 4.46. The van der Waals surface area contributed by atoms with Gasteiger partial charge in [0.2, 0.25) is 10.0 Å². The van der Waals surface area contributed by atoms with E-state index < -0.39 is 15.9 Å². The van der Waals surface area contributed by atoms with Gasteiger partial charge in [0.1, 0.15) is 5.69 Å². The van der Waals surface area contributed by atoms with Crippen molar-refractivity contribution in [2.45, 2.75) is 11.8 Å². The summed E-state index contributed by atoms with van der Waals surface area (Å²) in [5.41, 5.74) is 6.91. The molecule has 0 unspecified atom stereocenters. The van der Waals surface area contributed by atoms with Crippen molar-refractivity contribution < 1.29 is 13.2 Å². The van der Waals surface area contributed by atoms with Crippen LogP contribution >= 0.6 is 0 Å². The van der Waals surface area contributed by atoms with E-state index in [4.69, 9.17) is 10.9 Å². The Kier molecular flexibility index (Phi) is 3.92. The number of nitrogens with one attached hydrogen (secondary N) is 1. The summed E-state index contributed by atoms with van der Waals surface area (Å²) in [5.74, 6) is -0.473. The lowest BCUT2D eigenvalue weighted by atomic mass is 10.2. The lowest BCUT2D eigenvalue weighted by Crippen LogP contribution is -2.16. The van der Waals surface area contributed by atoms with Gasteiger partial charge in [-0.3, -0.25) is 4.79 Å². The Balaban J connectivity index is 2.28. The van der Waals surface area contributed by atoms with Crippen molar-refractivity contribution >= 4 is 27.3 Å². The van der Waals surface area contributed by atoms with Gasteiger partial charge in [-0.15, -0.1) is 0 Å². The lowest BCUT2D eigenvalue weighted by Gasteiger charge is -2.08. The molecule has 0 bridgehead atoms. The number of pyridine rings is 1. The van der Waals surface area contributed by atoms with E-state index >= 15 is 0 Å². The minimum atomic E-state index is -3.85. The number of amides is 1. The van der Waals surface area contributed by atoms with E-state index in [0.717, 1.165) is 0 Å². The molecule has 7 nitrogen and oxygen atoms in total. The molecule has 2 rings (SSSR count). The molecule has 5 N–H and O–H groups in total. The molecule has 21 heavy (non-hydrogen) atoms.